The summed E-state index contributed by atoms with van der Waals surface area (Å²) in [6.07, 6.45) is 1.79. The Balaban J connectivity index is 1.83. The van der Waals surface area contributed by atoms with E-state index in [1.807, 2.05) is 31.2 Å². The van der Waals surface area contributed by atoms with Gasteiger partial charge in [0.05, 0.1) is 11.7 Å². The zero-order valence-corrected chi connectivity index (χ0v) is 11.4. The number of fused-ring (bicyclic) bond motifs is 1. The van der Waals surface area contributed by atoms with Crippen molar-refractivity contribution in [3.8, 4) is 0 Å². The molecule has 1 atom stereocenters. The van der Waals surface area contributed by atoms with E-state index in [0.29, 0.717) is 5.56 Å². The Bertz CT molecular complexity index is 748. The lowest BCUT2D eigenvalue weighted by Crippen LogP contribution is -2.07. The SMILES string of the molecule is Cc1ccc(C(C)Nc2ccc3cn[nH]c3c2)cc1F. The molecule has 0 fully saturated rings. The normalized spacial score (nSPS) is 12.6. The minimum atomic E-state index is -0.167. The summed E-state index contributed by atoms with van der Waals surface area (Å²) >= 11 is 0. The molecular formula is C16H16FN3. The third kappa shape index (κ3) is 2.37. The van der Waals surface area contributed by atoms with Crippen LogP contribution in [-0.4, -0.2) is 10.2 Å². The average molecular weight is 269 g/mol. The van der Waals surface area contributed by atoms with Crippen molar-refractivity contribution >= 4 is 16.6 Å². The molecule has 0 bridgehead atoms. The van der Waals surface area contributed by atoms with E-state index in [1.54, 1.807) is 25.3 Å². The van der Waals surface area contributed by atoms with Crippen LogP contribution in [0.4, 0.5) is 10.1 Å². The molecule has 2 N–H and O–H groups in total. The maximum absolute atomic E-state index is 13.6. The van der Waals surface area contributed by atoms with Gasteiger partial charge in [0.2, 0.25) is 0 Å². The van der Waals surface area contributed by atoms with E-state index in [1.165, 1.54) is 0 Å². The van der Waals surface area contributed by atoms with Crippen LogP contribution in [0.3, 0.4) is 0 Å². The van der Waals surface area contributed by atoms with Gasteiger partial charge in [-0.15, -0.1) is 0 Å². The van der Waals surface area contributed by atoms with Crippen molar-refractivity contribution < 1.29 is 4.39 Å². The molecule has 2 aromatic carbocycles. The Hall–Kier alpha value is -2.36. The van der Waals surface area contributed by atoms with Gasteiger partial charge in [0.25, 0.3) is 0 Å². The first-order chi connectivity index (χ1) is 9.63. The smallest absolute Gasteiger partial charge is 0.126 e. The molecule has 20 heavy (non-hydrogen) atoms. The number of halogens is 1. The van der Waals surface area contributed by atoms with Crippen molar-refractivity contribution in [2.45, 2.75) is 19.9 Å². The summed E-state index contributed by atoms with van der Waals surface area (Å²) < 4.78 is 13.6. The molecule has 0 saturated carbocycles. The quantitative estimate of drug-likeness (QED) is 0.748. The summed E-state index contributed by atoms with van der Waals surface area (Å²) in [5.41, 5.74) is 3.56. The average Bonchev–Trinajstić information content (AvgIpc) is 2.89. The van der Waals surface area contributed by atoms with Gasteiger partial charge in [-0.2, -0.15) is 5.10 Å². The van der Waals surface area contributed by atoms with Gasteiger partial charge in [0, 0.05) is 17.1 Å². The van der Waals surface area contributed by atoms with E-state index in [-0.39, 0.29) is 11.9 Å². The molecule has 3 aromatic rings. The van der Waals surface area contributed by atoms with Gasteiger partial charge in [-0.1, -0.05) is 12.1 Å². The number of aromatic nitrogens is 2. The zero-order chi connectivity index (χ0) is 14.1. The van der Waals surface area contributed by atoms with Gasteiger partial charge < -0.3 is 5.32 Å². The van der Waals surface area contributed by atoms with Crippen molar-refractivity contribution in [3.05, 3.63) is 59.5 Å². The molecule has 4 heteroatoms. The lowest BCUT2D eigenvalue weighted by atomic mass is 10.1. The van der Waals surface area contributed by atoms with Gasteiger partial charge in [-0.25, -0.2) is 4.39 Å². The summed E-state index contributed by atoms with van der Waals surface area (Å²) in [7, 11) is 0. The second kappa shape index (κ2) is 4.96. The fourth-order valence-corrected chi connectivity index (χ4v) is 2.24. The summed E-state index contributed by atoms with van der Waals surface area (Å²) in [5, 5.41) is 11.4. The van der Waals surface area contributed by atoms with Crippen LogP contribution in [0.1, 0.15) is 24.1 Å². The summed E-state index contributed by atoms with van der Waals surface area (Å²) in [6.45, 7) is 3.78. The largest absolute Gasteiger partial charge is 0.378 e. The van der Waals surface area contributed by atoms with Gasteiger partial charge in [-0.3, -0.25) is 5.10 Å². The molecule has 1 aromatic heterocycles. The van der Waals surface area contributed by atoms with Crippen LogP contribution >= 0.6 is 0 Å². The lowest BCUT2D eigenvalue weighted by Gasteiger charge is -2.16. The van der Waals surface area contributed by atoms with Crippen molar-refractivity contribution in [1.82, 2.24) is 10.2 Å². The lowest BCUT2D eigenvalue weighted by molar-refractivity contribution is 0.614. The van der Waals surface area contributed by atoms with Crippen LogP contribution in [0, 0.1) is 12.7 Å². The number of anilines is 1. The first-order valence-electron chi connectivity index (χ1n) is 6.59. The number of nitrogens with zero attached hydrogens (tertiary/aromatic N) is 1. The van der Waals surface area contributed by atoms with Crippen molar-refractivity contribution in [3.63, 3.8) is 0 Å². The number of benzene rings is 2. The molecule has 0 aliphatic carbocycles. The first kappa shape index (κ1) is 12.7. The summed E-state index contributed by atoms with van der Waals surface area (Å²) in [4.78, 5) is 0. The van der Waals surface area contributed by atoms with Crippen LogP contribution < -0.4 is 5.32 Å². The molecule has 3 nitrogen and oxygen atoms in total. The second-order valence-electron chi connectivity index (χ2n) is 5.05. The van der Waals surface area contributed by atoms with Crippen molar-refractivity contribution in [1.29, 1.82) is 0 Å². The topological polar surface area (TPSA) is 40.7 Å². The molecule has 0 amide bonds. The number of nitrogens with one attached hydrogen (secondary N) is 2. The number of aryl methyl sites for hydroxylation is 1. The minimum absolute atomic E-state index is 0.0328. The van der Waals surface area contributed by atoms with Crippen LogP contribution in [-0.2, 0) is 0 Å². The van der Waals surface area contributed by atoms with Gasteiger partial charge in [0.1, 0.15) is 5.82 Å². The molecule has 1 heterocycles. The fourth-order valence-electron chi connectivity index (χ4n) is 2.24. The molecule has 1 unspecified atom stereocenters. The highest BCUT2D eigenvalue weighted by molar-refractivity contribution is 5.81. The zero-order valence-electron chi connectivity index (χ0n) is 11.4. The minimum Gasteiger partial charge on any atom is -0.378 e. The highest BCUT2D eigenvalue weighted by Gasteiger charge is 2.08. The van der Waals surface area contributed by atoms with E-state index in [0.717, 1.165) is 22.2 Å². The maximum atomic E-state index is 13.6. The van der Waals surface area contributed by atoms with E-state index in [4.69, 9.17) is 0 Å². The summed E-state index contributed by atoms with van der Waals surface area (Å²) in [6, 6.07) is 11.4. The van der Waals surface area contributed by atoms with Crippen molar-refractivity contribution in [2.24, 2.45) is 0 Å². The number of hydrogen-bond acceptors (Lipinski definition) is 2. The molecular weight excluding hydrogens is 253 g/mol. The highest BCUT2D eigenvalue weighted by atomic mass is 19.1. The molecule has 0 saturated heterocycles. The Labute approximate surface area is 116 Å². The molecule has 3 rings (SSSR count). The maximum Gasteiger partial charge on any atom is 0.126 e. The molecule has 0 radical (unpaired) electrons. The van der Waals surface area contributed by atoms with E-state index in [2.05, 4.69) is 15.5 Å². The van der Waals surface area contributed by atoms with Crippen LogP contribution in [0.15, 0.2) is 42.6 Å². The second-order valence-corrected chi connectivity index (χ2v) is 5.05. The number of H-pyrrole nitrogens is 1. The Morgan fingerprint density at radius 3 is 2.85 bits per heavy atom. The Morgan fingerprint density at radius 1 is 1.20 bits per heavy atom. The number of rotatable bonds is 3. The van der Waals surface area contributed by atoms with Crippen LogP contribution in [0.5, 0.6) is 0 Å². The van der Waals surface area contributed by atoms with Gasteiger partial charge in [-0.05, 0) is 49.2 Å². The summed E-state index contributed by atoms with van der Waals surface area (Å²) in [5.74, 6) is -0.167. The van der Waals surface area contributed by atoms with Gasteiger partial charge in [0.15, 0.2) is 0 Å². The van der Waals surface area contributed by atoms with E-state index >= 15 is 0 Å². The third-order valence-electron chi connectivity index (χ3n) is 3.52. The molecule has 102 valence electrons. The van der Waals surface area contributed by atoms with Gasteiger partial charge >= 0.3 is 0 Å². The van der Waals surface area contributed by atoms with Crippen LogP contribution in [0.2, 0.25) is 0 Å². The van der Waals surface area contributed by atoms with E-state index in [9.17, 15) is 4.39 Å². The monoisotopic (exact) mass is 269 g/mol. The van der Waals surface area contributed by atoms with Crippen molar-refractivity contribution in [2.75, 3.05) is 5.32 Å². The van der Waals surface area contributed by atoms with E-state index < -0.39 is 0 Å². The van der Waals surface area contributed by atoms with Crippen LogP contribution in [0.25, 0.3) is 10.9 Å². The predicted molar refractivity (Wildman–Crippen MR) is 79.3 cm³/mol. The molecule has 0 aliphatic heterocycles. The highest BCUT2D eigenvalue weighted by Crippen LogP contribution is 2.23. The number of aromatic amines is 1. The third-order valence-corrected chi connectivity index (χ3v) is 3.52. The molecule has 0 spiro atoms. The predicted octanol–water partition coefficient (Wildman–Crippen LogP) is 4.18. The molecule has 0 aliphatic rings. The fraction of sp³-hybridized carbons (Fsp3) is 0.188. The first-order valence-corrected chi connectivity index (χ1v) is 6.59. The Morgan fingerprint density at radius 2 is 2.05 bits per heavy atom. The number of hydrogen-bond donors (Lipinski definition) is 2. The Kier molecular flexibility index (Phi) is 3.14. The standard InChI is InChI=1S/C16H16FN3/c1-10-3-4-12(7-15(10)17)11(2)19-14-6-5-13-9-18-20-16(13)8-14/h3-9,11,19H,1-2H3,(H,18,20).